The van der Waals surface area contributed by atoms with E-state index in [0.717, 1.165) is 43.9 Å². The summed E-state index contributed by atoms with van der Waals surface area (Å²) in [5.74, 6) is 0.882. The maximum atomic E-state index is 5.69. The topological polar surface area (TPSA) is 34.1 Å². The molecular formula is C13H20N2O. The van der Waals surface area contributed by atoms with Gasteiger partial charge in [0, 0.05) is 18.3 Å². The second kappa shape index (κ2) is 7.88. The van der Waals surface area contributed by atoms with E-state index in [1.807, 2.05) is 12.1 Å². The zero-order valence-corrected chi connectivity index (χ0v) is 9.91. The highest BCUT2D eigenvalue weighted by atomic mass is 16.5. The summed E-state index contributed by atoms with van der Waals surface area (Å²) in [7, 11) is 0. The molecule has 0 fully saturated rings. The normalized spacial score (nSPS) is 10.1. The van der Waals surface area contributed by atoms with Gasteiger partial charge >= 0.3 is 0 Å². The van der Waals surface area contributed by atoms with Crippen LogP contribution in [0.2, 0.25) is 0 Å². The summed E-state index contributed by atoms with van der Waals surface area (Å²) < 4.78 is 5.69. The molecule has 0 amide bonds. The lowest BCUT2D eigenvalue weighted by molar-refractivity contribution is 0.307. The first-order chi connectivity index (χ1) is 7.88. The lowest BCUT2D eigenvalue weighted by Crippen LogP contribution is -2.13. The van der Waals surface area contributed by atoms with Crippen LogP contribution in [0.15, 0.2) is 31.1 Å². The number of nitrogens with zero attached hydrogens (tertiary/aromatic N) is 1. The first-order valence-electron chi connectivity index (χ1n) is 5.75. The Morgan fingerprint density at radius 2 is 2.44 bits per heavy atom. The number of rotatable bonds is 8. The highest BCUT2D eigenvalue weighted by molar-refractivity contribution is 5.29. The summed E-state index contributed by atoms with van der Waals surface area (Å²) >= 11 is 0. The molecule has 1 aromatic rings. The Labute approximate surface area is 97.5 Å². The molecule has 0 saturated carbocycles. The summed E-state index contributed by atoms with van der Waals surface area (Å²) in [6.07, 6.45) is 7.47. The van der Waals surface area contributed by atoms with Crippen LogP contribution < -0.4 is 10.1 Å². The van der Waals surface area contributed by atoms with Crippen LogP contribution >= 0.6 is 0 Å². The minimum Gasteiger partial charge on any atom is -0.492 e. The van der Waals surface area contributed by atoms with Gasteiger partial charge in [0.25, 0.3) is 0 Å². The molecule has 1 heterocycles. The third kappa shape index (κ3) is 4.45. The van der Waals surface area contributed by atoms with E-state index in [2.05, 4.69) is 23.8 Å². The summed E-state index contributed by atoms with van der Waals surface area (Å²) in [5, 5.41) is 3.28. The van der Waals surface area contributed by atoms with Crippen molar-refractivity contribution in [2.45, 2.75) is 26.3 Å². The molecule has 0 aliphatic heterocycles. The number of ether oxygens (including phenoxy) is 1. The number of nitrogens with one attached hydrogen (secondary N) is 1. The Morgan fingerprint density at radius 3 is 3.19 bits per heavy atom. The molecule has 3 heteroatoms. The maximum absolute atomic E-state index is 5.69. The predicted molar refractivity (Wildman–Crippen MR) is 66.5 cm³/mol. The van der Waals surface area contributed by atoms with Crippen molar-refractivity contribution in [2.24, 2.45) is 0 Å². The molecule has 0 spiro atoms. The Hall–Kier alpha value is -1.35. The molecule has 88 valence electrons. The lowest BCUT2D eigenvalue weighted by atomic mass is 10.2. The molecule has 1 aromatic heterocycles. The number of aromatic nitrogens is 1. The monoisotopic (exact) mass is 220 g/mol. The van der Waals surface area contributed by atoms with Gasteiger partial charge in [0.15, 0.2) is 0 Å². The molecule has 0 bridgehead atoms. The molecule has 0 aliphatic carbocycles. The molecule has 0 unspecified atom stereocenters. The minimum atomic E-state index is 0.719. The van der Waals surface area contributed by atoms with Crippen molar-refractivity contribution in [1.82, 2.24) is 10.3 Å². The quantitative estimate of drug-likeness (QED) is 0.540. The smallest absolute Gasteiger partial charge is 0.142 e. The molecule has 3 nitrogen and oxygen atoms in total. The van der Waals surface area contributed by atoms with E-state index in [9.17, 15) is 0 Å². The van der Waals surface area contributed by atoms with Crippen LogP contribution in [0, 0.1) is 0 Å². The standard InChI is InChI=1S/C13H20N2O/c1-3-5-6-9-16-13-11-15-8-7-12(13)10-14-4-2/h3,7-8,11,14H,1,4-6,9-10H2,2H3. The van der Waals surface area contributed by atoms with Gasteiger partial charge in [-0.1, -0.05) is 13.0 Å². The van der Waals surface area contributed by atoms with E-state index in [-0.39, 0.29) is 0 Å². The van der Waals surface area contributed by atoms with Crippen LogP contribution in [0.1, 0.15) is 25.3 Å². The van der Waals surface area contributed by atoms with Gasteiger partial charge in [-0.15, -0.1) is 6.58 Å². The number of pyridine rings is 1. The first-order valence-corrected chi connectivity index (χ1v) is 5.75. The van der Waals surface area contributed by atoms with Gasteiger partial charge in [-0.2, -0.15) is 0 Å². The average molecular weight is 220 g/mol. The van der Waals surface area contributed by atoms with E-state index in [1.54, 1.807) is 12.4 Å². The van der Waals surface area contributed by atoms with Crippen LogP contribution in [-0.2, 0) is 6.54 Å². The van der Waals surface area contributed by atoms with Gasteiger partial charge < -0.3 is 10.1 Å². The summed E-state index contributed by atoms with van der Waals surface area (Å²) in [6, 6.07) is 1.99. The number of allylic oxidation sites excluding steroid dienone is 1. The van der Waals surface area contributed by atoms with Crippen LogP contribution in [0.5, 0.6) is 5.75 Å². The van der Waals surface area contributed by atoms with Gasteiger partial charge in [-0.3, -0.25) is 4.98 Å². The molecule has 0 aliphatic rings. The minimum absolute atomic E-state index is 0.719. The molecule has 16 heavy (non-hydrogen) atoms. The van der Waals surface area contributed by atoms with Gasteiger partial charge in [0.2, 0.25) is 0 Å². The average Bonchev–Trinajstić information content (AvgIpc) is 2.33. The molecular weight excluding hydrogens is 200 g/mol. The van der Waals surface area contributed by atoms with E-state index in [0.29, 0.717) is 0 Å². The summed E-state index contributed by atoms with van der Waals surface area (Å²) in [4.78, 5) is 4.08. The van der Waals surface area contributed by atoms with Crippen LogP contribution in [-0.4, -0.2) is 18.1 Å². The molecule has 0 atom stereocenters. The van der Waals surface area contributed by atoms with Crippen molar-refractivity contribution in [3.05, 3.63) is 36.7 Å². The van der Waals surface area contributed by atoms with Crippen LogP contribution in [0.4, 0.5) is 0 Å². The van der Waals surface area contributed by atoms with E-state index in [4.69, 9.17) is 4.74 Å². The second-order valence-corrected chi connectivity index (χ2v) is 3.54. The fourth-order valence-corrected chi connectivity index (χ4v) is 1.35. The van der Waals surface area contributed by atoms with Crippen LogP contribution in [0.3, 0.4) is 0 Å². The fraction of sp³-hybridized carbons (Fsp3) is 0.462. The second-order valence-electron chi connectivity index (χ2n) is 3.54. The molecule has 0 radical (unpaired) electrons. The zero-order valence-electron chi connectivity index (χ0n) is 9.91. The van der Waals surface area contributed by atoms with Crippen LogP contribution in [0.25, 0.3) is 0 Å². The molecule has 0 aromatic carbocycles. The van der Waals surface area contributed by atoms with E-state index >= 15 is 0 Å². The molecule has 1 N–H and O–H groups in total. The number of unbranched alkanes of at least 4 members (excludes halogenated alkanes) is 1. The Balaban J connectivity index is 2.46. The van der Waals surface area contributed by atoms with E-state index < -0.39 is 0 Å². The van der Waals surface area contributed by atoms with Crippen molar-refractivity contribution < 1.29 is 4.74 Å². The van der Waals surface area contributed by atoms with Crippen molar-refractivity contribution >= 4 is 0 Å². The Morgan fingerprint density at radius 1 is 1.56 bits per heavy atom. The van der Waals surface area contributed by atoms with E-state index in [1.165, 1.54) is 0 Å². The Kier molecular flexibility index (Phi) is 6.26. The summed E-state index contributed by atoms with van der Waals surface area (Å²) in [5.41, 5.74) is 1.16. The lowest BCUT2D eigenvalue weighted by Gasteiger charge is -2.10. The third-order valence-corrected chi connectivity index (χ3v) is 2.25. The SMILES string of the molecule is C=CCCCOc1cnccc1CNCC. The molecule has 0 saturated heterocycles. The van der Waals surface area contributed by atoms with Crippen molar-refractivity contribution in [3.63, 3.8) is 0 Å². The zero-order chi connectivity index (χ0) is 11.6. The molecule has 1 rings (SSSR count). The Bertz CT molecular complexity index is 313. The third-order valence-electron chi connectivity index (χ3n) is 2.25. The highest BCUT2D eigenvalue weighted by Gasteiger charge is 2.02. The highest BCUT2D eigenvalue weighted by Crippen LogP contribution is 2.16. The van der Waals surface area contributed by atoms with Gasteiger partial charge in [-0.25, -0.2) is 0 Å². The maximum Gasteiger partial charge on any atom is 0.142 e. The largest absolute Gasteiger partial charge is 0.492 e. The van der Waals surface area contributed by atoms with Gasteiger partial charge in [0.1, 0.15) is 5.75 Å². The van der Waals surface area contributed by atoms with Gasteiger partial charge in [-0.05, 0) is 25.5 Å². The van der Waals surface area contributed by atoms with Gasteiger partial charge in [0.05, 0.1) is 12.8 Å². The number of hydrogen-bond donors (Lipinski definition) is 1. The predicted octanol–water partition coefficient (Wildman–Crippen LogP) is 2.54. The summed E-state index contributed by atoms with van der Waals surface area (Å²) in [6.45, 7) is 8.28. The van der Waals surface area contributed by atoms with Crippen molar-refractivity contribution in [2.75, 3.05) is 13.2 Å². The first kappa shape index (κ1) is 12.7. The van der Waals surface area contributed by atoms with Crippen molar-refractivity contribution in [1.29, 1.82) is 0 Å². The number of hydrogen-bond acceptors (Lipinski definition) is 3. The van der Waals surface area contributed by atoms with Crippen molar-refractivity contribution in [3.8, 4) is 5.75 Å². The fourth-order valence-electron chi connectivity index (χ4n) is 1.35.